The van der Waals surface area contributed by atoms with Gasteiger partial charge in [0.25, 0.3) is 5.91 Å². The van der Waals surface area contributed by atoms with E-state index in [1.54, 1.807) is 6.07 Å². The second-order valence-electron chi connectivity index (χ2n) is 10.7. The molecule has 0 saturated heterocycles. The third-order valence-electron chi connectivity index (χ3n) is 7.88. The summed E-state index contributed by atoms with van der Waals surface area (Å²) in [6.45, 7) is -0.325. The molecule has 9 nitrogen and oxygen atoms in total. The van der Waals surface area contributed by atoms with Crippen molar-refractivity contribution in [2.75, 3.05) is 20.3 Å². The van der Waals surface area contributed by atoms with Crippen molar-refractivity contribution in [3.05, 3.63) is 68.3 Å². The lowest BCUT2D eigenvalue weighted by atomic mass is 9.84. The summed E-state index contributed by atoms with van der Waals surface area (Å²) in [5, 5.41) is 23.6. The number of benzene rings is 2. The number of rotatable bonds is 10. The van der Waals surface area contributed by atoms with Crippen molar-refractivity contribution < 1.29 is 47.2 Å². The lowest BCUT2D eigenvalue weighted by Crippen LogP contribution is -2.58. The molecule has 4 rings (SSSR count). The van der Waals surface area contributed by atoms with Crippen molar-refractivity contribution in [2.24, 2.45) is 0 Å². The fourth-order valence-electron chi connectivity index (χ4n) is 5.70. The van der Waals surface area contributed by atoms with Crippen LogP contribution in [0.4, 0.5) is 13.2 Å². The number of alkyl halides is 3. The van der Waals surface area contributed by atoms with Crippen LogP contribution in [0.5, 0.6) is 11.5 Å². The number of aliphatic hydroxyl groups excluding tert-OH is 2. The molecule has 1 fully saturated rings. The normalized spacial score (nSPS) is 20.8. The molecule has 3 N–H and O–H groups in total. The molecule has 2 aromatic rings. The first-order chi connectivity index (χ1) is 21.0. The second kappa shape index (κ2) is 14.7. The van der Waals surface area contributed by atoms with Crippen LogP contribution in [0.2, 0.25) is 0 Å². The Hall–Kier alpha value is -3.17. The van der Waals surface area contributed by atoms with Gasteiger partial charge in [0.2, 0.25) is 5.91 Å². The van der Waals surface area contributed by atoms with Crippen LogP contribution in [-0.2, 0) is 11.0 Å². The summed E-state index contributed by atoms with van der Waals surface area (Å²) in [7, 11) is 1.39. The summed E-state index contributed by atoms with van der Waals surface area (Å²) in [6, 6.07) is 5.67. The van der Waals surface area contributed by atoms with E-state index in [9.17, 15) is 37.8 Å². The number of ether oxygens (including phenoxy) is 2. The van der Waals surface area contributed by atoms with Crippen LogP contribution in [0.25, 0.3) is 0 Å². The minimum absolute atomic E-state index is 0.0229. The highest BCUT2D eigenvalue weighted by Crippen LogP contribution is 2.38. The van der Waals surface area contributed by atoms with E-state index >= 15 is 0 Å². The highest BCUT2D eigenvalue weighted by molar-refractivity contribution is 14.1. The minimum atomic E-state index is -4.57. The highest BCUT2D eigenvalue weighted by atomic mass is 127. The molecule has 2 amide bonds. The van der Waals surface area contributed by atoms with Gasteiger partial charge >= 0.3 is 6.18 Å². The summed E-state index contributed by atoms with van der Waals surface area (Å²) >= 11 is 1.96. The number of hydrogen-bond donors (Lipinski definition) is 3. The maximum Gasteiger partial charge on any atom is 0.416 e. The molecule has 0 radical (unpaired) electrons. The molecular weight excluding hydrogens is 696 g/mol. The molecule has 0 spiro atoms. The smallest absolute Gasteiger partial charge is 0.416 e. The van der Waals surface area contributed by atoms with E-state index in [4.69, 9.17) is 9.47 Å². The van der Waals surface area contributed by atoms with Crippen LogP contribution in [0.15, 0.2) is 48.0 Å². The maximum absolute atomic E-state index is 14.1. The predicted octanol–water partition coefficient (Wildman–Crippen LogP) is 4.52. The summed E-state index contributed by atoms with van der Waals surface area (Å²) in [4.78, 5) is 40.1. The Labute approximate surface area is 266 Å². The molecule has 0 heterocycles. The fourth-order valence-corrected chi connectivity index (χ4v) is 6.46. The minimum Gasteiger partial charge on any atom is -0.493 e. The number of hydrogen-bond acceptors (Lipinski definition) is 7. The first-order valence-electron chi connectivity index (χ1n) is 14.3. The Morgan fingerprint density at radius 1 is 1.14 bits per heavy atom. The fraction of sp³-hybridized carbons (Fsp3) is 0.452. The first kappa shape index (κ1) is 33.7. The quantitative estimate of drug-likeness (QED) is 0.243. The number of nitrogens with one attached hydrogen (secondary N) is 1. The number of aliphatic hydroxyl groups is 2. The van der Waals surface area contributed by atoms with E-state index in [2.05, 4.69) is 5.32 Å². The number of nitrogens with zero attached hydrogens (tertiary/aromatic N) is 1. The van der Waals surface area contributed by atoms with Gasteiger partial charge in [0.05, 0.1) is 28.9 Å². The number of carbonyl (C=O) groups is 3. The Morgan fingerprint density at radius 2 is 1.82 bits per heavy atom. The number of aldehydes is 1. The zero-order valence-corrected chi connectivity index (χ0v) is 26.1. The zero-order chi connectivity index (χ0) is 32.0. The molecule has 2 aliphatic carbocycles. The first-order valence-corrected chi connectivity index (χ1v) is 15.3. The number of carbonyl (C=O) groups excluding carboxylic acids is 3. The molecular formula is C31H34F3IN2O7. The molecule has 3 atom stereocenters. The lowest BCUT2D eigenvalue weighted by Gasteiger charge is -2.45. The third kappa shape index (κ3) is 7.72. The van der Waals surface area contributed by atoms with E-state index < -0.39 is 41.8 Å². The average Bonchev–Trinajstić information content (AvgIpc) is 3.02. The van der Waals surface area contributed by atoms with Crippen LogP contribution in [0.3, 0.4) is 0 Å². The van der Waals surface area contributed by atoms with Gasteiger partial charge in [-0.05, 0) is 77.9 Å². The van der Waals surface area contributed by atoms with Crippen LogP contribution in [-0.4, -0.2) is 77.8 Å². The Kier molecular flexibility index (Phi) is 11.3. The second-order valence-corrected chi connectivity index (χ2v) is 11.9. The molecule has 0 aromatic heterocycles. The summed E-state index contributed by atoms with van der Waals surface area (Å²) in [5.41, 5.74) is -0.321. The predicted molar refractivity (Wildman–Crippen MR) is 163 cm³/mol. The van der Waals surface area contributed by atoms with Crippen molar-refractivity contribution in [1.29, 1.82) is 0 Å². The van der Waals surface area contributed by atoms with Crippen LogP contribution < -0.4 is 14.8 Å². The summed E-state index contributed by atoms with van der Waals surface area (Å²) in [6.07, 6.45) is -1.18. The Balaban J connectivity index is 1.76. The van der Waals surface area contributed by atoms with Crippen molar-refractivity contribution in [1.82, 2.24) is 10.2 Å². The van der Waals surface area contributed by atoms with Crippen LogP contribution >= 0.6 is 22.6 Å². The highest BCUT2D eigenvalue weighted by Gasteiger charge is 2.44. The lowest BCUT2D eigenvalue weighted by molar-refractivity contribution is -0.137. The average molecular weight is 731 g/mol. The van der Waals surface area contributed by atoms with E-state index in [1.165, 1.54) is 24.2 Å². The van der Waals surface area contributed by atoms with Crippen molar-refractivity contribution in [2.45, 2.75) is 69.0 Å². The van der Waals surface area contributed by atoms with Gasteiger partial charge in [0.15, 0.2) is 11.5 Å². The van der Waals surface area contributed by atoms with Crippen molar-refractivity contribution in [3.63, 3.8) is 0 Å². The maximum atomic E-state index is 14.1. The van der Waals surface area contributed by atoms with Gasteiger partial charge in [-0.1, -0.05) is 19.3 Å². The van der Waals surface area contributed by atoms with Crippen molar-refractivity contribution in [3.8, 4) is 11.5 Å². The SMILES string of the molecule is COc1cc(C=O)cc(I)c1O[C@H]1C=C(C(=O)NCCO)C[C@@H](N(C(=O)c2ccc(C(F)(F)F)cc2)C2CCCCC2)[C@@H]1O. The van der Waals surface area contributed by atoms with Crippen molar-refractivity contribution >= 4 is 40.7 Å². The molecule has 238 valence electrons. The Morgan fingerprint density at radius 3 is 2.41 bits per heavy atom. The molecule has 0 unspecified atom stereocenters. The van der Waals surface area contributed by atoms with E-state index in [0.717, 1.165) is 43.5 Å². The van der Waals surface area contributed by atoms with E-state index in [0.29, 0.717) is 28.3 Å². The molecule has 0 bridgehead atoms. The largest absolute Gasteiger partial charge is 0.493 e. The Bertz CT molecular complexity index is 1380. The van der Waals surface area contributed by atoms with Gasteiger partial charge in [-0.2, -0.15) is 13.2 Å². The third-order valence-corrected chi connectivity index (χ3v) is 8.68. The van der Waals surface area contributed by atoms with E-state index in [1.807, 2.05) is 22.6 Å². The molecule has 13 heteroatoms. The number of methoxy groups -OCH3 is 1. The van der Waals surface area contributed by atoms with Gasteiger partial charge in [0.1, 0.15) is 18.5 Å². The number of amides is 2. The zero-order valence-electron chi connectivity index (χ0n) is 24.0. The standard InChI is InChI=1S/C31H34F3IN2O7/c1-43-26-14-18(17-39)13-23(35)28(26)44-25-16-20(29(41)36-11-12-38)15-24(27(25)40)37(22-5-3-2-4-6-22)30(42)19-7-9-21(10-8-19)31(32,33)34/h7-10,13-14,16-17,22,24-25,27,38,40H,2-6,11-12,15H2,1H3,(H,36,41)/t24-,25+,27+/m1/s1. The van der Waals surface area contributed by atoms with Gasteiger partial charge in [0, 0.05) is 35.7 Å². The van der Waals surface area contributed by atoms with Gasteiger partial charge in [-0.3, -0.25) is 14.4 Å². The summed E-state index contributed by atoms with van der Waals surface area (Å²) in [5.74, 6) is -0.646. The molecule has 2 aliphatic rings. The topological polar surface area (TPSA) is 125 Å². The number of halogens is 4. The van der Waals surface area contributed by atoms with Gasteiger partial charge < -0.3 is 29.9 Å². The van der Waals surface area contributed by atoms with Gasteiger partial charge in [-0.25, -0.2) is 0 Å². The van der Waals surface area contributed by atoms with Crippen LogP contribution in [0.1, 0.15) is 64.8 Å². The molecule has 2 aromatic carbocycles. The van der Waals surface area contributed by atoms with Crippen LogP contribution in [0, 0.1) is 3.57 Å². The van der Waals surface area contributed by atoms with E-state index in [-0.39, 0.29) is 48.2 Å². The molecule has 44 heavy (non-hydrogen) atoms. The summed E-state index contributed by atoms with van der Waals surface area (Å²) < 4.78 is 51.9. The monoisotopic (exact) mass is 730 g/mol. The molecule has 0 aliphatic heterocycles. The molecule has 1 saturated carbocycles. The van der Waals surface area contributed by atoms with Gasteiger partial charge in [-0.15, -0.1) is 0 Å².